The number of rotatable bonds is 2. The topological polar surface area (TPSA) is 57.5 Å². The van der Waals surface area contributed by atoms with Crippen LogP contribution in [0.5, 0.6) is 0 Å². The van der Waals surface area contributed by atoms with Gasteiger partial charge in [0.15, 0.2) is 0 Å². The third kappa shape index (κ3) is 9.03. The van der Waals surface area contributed by atoms with Gasteiger partial charge in [-0.1, -0.05) is 13.3 Å². The lowest BCUT2D eigenvalue weighted by Crippen LogP contribution is -2.22. The van der Waals surface area contributed by atoms with Crippen molar-refractivity contribution in [3.63, 3.8) is 0 Å². The van der Waals surface area contributed by atoms with E-state index in [2.05, 4.69) is 13.2 Å². The van der Waals surface area contributed by atoms with Gasteiger partial charge in [0.05, 0.1) is 0 Å². The zero-order valence-electron chi connectivity index (χ0n) is 8.58. The molecule has 1 atom stereocenters. The van der Waals surface area contributed by atoms with Gasteiger partial charge in [-0.25, -0.2) is 9.18 Å². The average Bonchev–Trinajstić information content (AvgIpc) is 2.04. The van der Waals surface area contributed by atoms with Gasteiger partial charge in [-0.15, -0.1) is 13.2 Å². The summed E-state index contributed by atoms with van der Waals surface area (Å²) in [6.07, 6.45) is 1.91. The zero-order valence-corrected chi connectivity index (χ0v) is 8.58. The Morgan fingerprint density at radius 2 is 1.86 bits per heavy atom. The predicted molar refractivity (Wildman–Crippen MR) is 54.4 cm³/mol. The number of hydrogen-bond acceptors (Lipinski definition) is 1. The van der Waals surface area contributed by atoms with Crippen LogP contribution >= 0.6 is 0 Å². The molecule has 0 aromatic carbocycles. The number of hydrogen-bond donors (Lipinski definition) is 2. The summed E-state index contributed by atoms with van der Waals surface area (Å²) in [5.74, 6) is 0.431. The molecule has 1 aliphatic rings. The van der Waals surface area contributed by atoms with E-state index in [0.29, 0.717) is 12.3 Å². The molecule has 0 saturated heterocycles. The normalized spacial score (nSPS) is 16.1. The van der Waals surface area contributed by atoms with Gasteiger partial charge in [0.25, 0.3) is 0 Å². The summed E-state index contributed by atoms with van der Waals surface area (Å²) in [6, 6.07) is 0. The minimum Gasteiger partial charge on any atom is -0.450 e. The monoisotopic (exact) mass is 206 g/mol. The molecule has 1 aliphatic carbocycles. The van der Waals surface area contributed by atoms with Gasteiger partial charge in [-0.3, -0.25) is 0 Å². The summed E-state index contributed by atoms with van der Waals surface area (Å²) in [7, 11) is 0. The van der Waals surface area contributed by atoms with E-state index in [1.807, 2.05) is 6.92 Å². The molecule has 1 unspecified atom stereocenters. The van der Waals surface area contributed by atoms with E-state index in [1.165, 1.54) is 6.42 Å². The molecule has 0 amide bonds. The highest BCUT2D eigenvalue weighted by molar-refractivity contribution is 5.53. The quantitative estimate of drug-likeness (QED) is 0.679. The molecule has 0 aromatic heterocycles. The van der Waals surface area contributed by atoms with Crippen molar-refractivity contribution < 1.29 is 19.4 Å². The maximum absolute atomic E-state index is 12.6. The van der Waals surface area contributed by atoms with Crippen molar-refractivity contribution in [1.29, 1.82) is 0 Å². The van der Waals surface area contributed by atoms with Crippen LogP contribution in [0.25, 0.3) is 0 Å². The summed E-state index contributed by atoms with van der Waals surface area (Å²) in [5.41, 5.74) is 0. The first kappa shape index (κ1) is 15.4. The number of alkyl halides is 1. The van der Waals surface area contributed by atoms with Gasteiger partial charge in [-0.2, -0.15) is 0 Å². The fourth-order valence-corrected chi connectivity index (χ4v) is 1.13. The Morgan fingerprint density at radius 1 is 1.50 bits per heavy atom. The van der Waals surface area contributed by atoms with Crippen molar-refractivity contribution in [3.05, 3.63) is 13.2 Å². The number of carboxylic acid groups (broad SMARTS) is 2. The van der Waals surface area contributed by atoms with E-state index in [0.717, 1.165) is 12.8 Å². The third-order valence-electron chi connectivity index (χ3n) is 2.05. The molecule has 0 aromatic rings. The Morgan fingerprint density at radius 3 is 1.93 bits per heavy atom. The Kier molecular flexibility index (Phi) is 11.0. The van der Waals surface area contributed by atoms with E-state index < -0.39 is 12.3 Å². The molecule has 0 aliphatic heterocycles. The molecule has 3 nitrogen and oxygen atoms in total. The molecule has 0 radical (unpaired) electrons. The Balaban J connectivity index is 0. The molecule has 0 heterocycles. The second-order valence-corrected chi connectivity index (χ2v) is 2.90. The lowest BCUT2D eigenvalue weighted by atomic mass is 9.81. The van der Waals surface area contributed by atoms with Gasteiger partial charge in [-0.05, 0) is 25.2 Å². The first-order valence-corrected chi connectivity index (χ1v) is 4.63. The van der Waals surface area contributed by atoms with Gasteiger partial charge in [0.1, 0.15) is 6.17 Å². The van der Waals surface area contributed by atoms with Gasteiger partial charge in [0.2, 0.25) is 0 Å². The molecule has 14 heavy (non-hydrogen) atoms. The summed E-state index contributed by atoms with van der Waals surface area (Å²) in [6.45, 7) is 7.92. The second kappa shape index (κ2) is 10.0. The van der Waals surface area contributed by atoms with Crippen LogP contribution in [0.4, 0.5) is 9.18 Å². The maximum Gasteiger partial charge on any atom is 0.503 e. The minimum atomic E-state index is -1.83. The summed E-state index contributed by atoms with van der Waals surface area (Å²) in [5, 5.41) is 13.9. The molecule has 1 rings (SSSR count). The van der Waals surface area contributed by atoms with Crippen molar-refractivity contribution in [2.45, 2.75) is 38.8 Å². The Labute approximate surface area is 84.3 Å². The molecular formula is C10H19FO3. The molecule has 1 saturated carbocycles. The molecule has 4 heteroatoms. The highest BCUT2D eigenvalue weighted by Gasteiger charge is 2.24. The van der Waals surface area contributed by atoms with Crippen molar-refractivity contribution in [1.82, 2.24) is 0 Å². The van der Waals surface area contributed by atoms with Crippen LogP contribution in [0.2, 0.25) is 0 Å². The van der Waals surface area contributed by atoms with Gasteiger partial charge < -0.3 is 10.2 Å². The van der Waals surface area contributed by atoms with Crippen LogP contribution in [0.1, 0.15) is 32.6 Å². The summed E-state index contributed by atoms with van der Waals surface area (Å²) >= 11 is 0. The van der Waals surface area contributed by atoms with Crippen LogP contribution in [0.15, 0.2) is 13.2 Å². The third-order valence-corrected chi connectivity index (χ3v) is 2.05. The first-order valence-electron chi connectivity index (χ1n) is 4.63. The van der Waals surface area contributed by atoms with Crippen LogP contribution < -0.4 is 0 Å². The highest BCUT2D eigenvalue weighted by Crippen LogP contribution is 2.32. The van der Waals surface area contributed by atoms with Crippen molar-refractivity contribution in [2.24, 2.45) is 5.92 Å². The SMILES string of the molecule is C=C.CCC(F)C1CCC1.O=C(O)O. The van der Waals surface area contributed by atoms with Crippen LogP contribution in [0.3, 0.4) is 0 Å². The summed E-state index contributed by atoms with van der Waals surface area (Å²) in [4.78, 5) is 8.56. The van der Waals surface area contributed by atoms with Crippen LogP contribution in [-0.4, -0.2) is 22.5 Å². The fraction of sp³-hybridized carbons (Fsp3) is 0.700. The summed E-state index contributed by atoms with van der Waals surface area (Å²) < 4.78 is 12.6. The van der Waals surface area contributed by atoms with Crippen molar-refractivity contribution >= 4 is 6.16 Å². The van der Waals surface area contributed by atoms with Crippen LogP contribution in [0, 0.1) is 5.92 Å². The molecule has 1 fully saturated rings. The van der Waals surface area contributed by atoms with Gasteiger partial charge in [0, 0.05) is 0 Å². The smallest absolute Gasteiger partial charge is 0.450 e. The average molecular weight is 206 g/mol. The molecule has 84 valence electrons. The fourth-order valence-electron chi connectivity index (χ4n) is 1.13. The van der Waals surface area contributed by atoms with Crippen molar-refractivity contribution in [2.75, 3.05) is 0 Å². The zero-order chi connectivity index (χ0) is 11.6. The largest absolute Gasteiger partial charge is 0.503 e. The predicted octanol–water partition coefficient (Wildman–Crippen LogP) is 3.56. The standard InChI is InChI=1S/C7H13F.C2H4.CH2O3/c1-2-7(8)6-4-3-5-6;1-2;2-1(3)4/h6-7H,2-5H2,1H3;1-2H2;(H2,2,3,4). The van der Waals surface area contributed by atoms with E-state index in [9.17, 15) is 4.39 Å². The highest BCUT2D eigenvalue weighted by atomic mass is 19.1. The van der Waals surface area contributed by atoms with E-state index in [-0.39, 0.29) is 0 Å². The van der Waals surface area contributed by atoms with E-state index in [4.69, 9.17) is 15.0 Å². The van der Waals surface area contributed by atoms with E-state index in [1.54, 1.807) is 0 Å². The van der Waals surface area contributed by atoms with Crippen molar-refractivity contribution in [3.8, 4) is 0 Å². The Hall–Kier alpha value is -1.06. The Bertz CT molecular complexity index is 140. The molecule has 2 N–H and O–H groups in total. The first-order chi connectivity index (χ1) is 6.57. The lowest BCUT2D eigenvalue weighted by Gasteiger charge is -2.27. The molecule has 0 bridgehead atoms. The lowest BCUT2D eigenvalue weighted by molar-refractivity contribution is 0.137. The van der Waals surface area contributed by atoms with E-state index >= 15 is 0 Å². The number of carbonyl (C=O) groups is 1. The maximum atomic E-state index is 12.6. The number of halogens is 1. The van der Waals surface area contributed by atoms with Gasteiger partial charge >= 0.3 is 6.16 Å². The van der Waals surface area contributed by atoms with Crippen LogP contribution in [-0.2, 0) is 0 Å². The minimum absolute atomic E-state index is 0.431. The molecule has 0 spiro atoms. The second-order valence-electron chi connectivity index (χ2n) is 2.90. The molecular weight excluding hydrogens is 187 g/mol.